The number of ether oxygens (including phenoxy) is 1. The summed E-state index contributed by atoms with van der Waals surface area (Å²) in [7, 11) is 1.57. The summed E-state index contributed by atoms with van der Waals surface area (Å²) < 4.78 is 7.08. The molecule has 0 atom stereocenters. The average molecular weight is 431 g/mol. The third-order valence-electron chi connectivity index (χ3n) is 4.91. The van der Waals surface area contributed by atoms with Crippen molar-refractivity contribution in [2.75, 3.05) is 7.11 Å². The number of thiophene rings is 1. The summed E-state index contributed by atoms with van der Waals surface area (Å²) in [5.41, 5.74) is 3.03. The maximum absolute atomic E-state index is 12.8. The normalized spacial score (nSPS) is 10.6. The zero-order chi connectivity index (χ0) is 21.6. The van der Waals surface area contributed by atoms with Crippen LogP contribution < -0.4 is 15.6 Å². The first-order chi connectivity index (χ1) is 15.1. The number of aromatic nitrogens is 1. The molecule has 4 rings (SSSR count). The van der Waals surface area contributed by atoms with Crippen LogP contribution in [0, 0.1) is 0 Å². The summed E-state index contributed by atoms with van der Waals surface area (Å²) >= 11 is 1.42. The number of rotatable bonds is 7. The zero-order valence-corrected chi connectivity index (χ0v) is 17.9. The molecule has 0 spiro atoms. The van der Waals surface area contributed by atoms with Gasteiger partial charge in [-0.1, -0.05) is 60.7 Å². The third kappa shape index (κ3) is 4.92. The van der Waals surface area contributed by atoms with Crippen molar-refractivity contribution in [2.45, 2.75) is 13.1 Å². The van der Waals surface area contributed by atoms with Gasteiger partial charge in [0, 0.05) is 23.7 Å². The molecule has 156 valence electrons. The second-order valence-corrected chi connectivity index (χ2v) is 8.09. The van der Waals surface area contributed by atoms with E-state index >= 15 is 0 Å². The van der Waals surface area contributed by atoms with E-state index in [1.165, 1.54) is 11.3 Å². The molecule has 5 nitrogen and oxygen atoms in total. The highest BCUT2D eigenvalue weighted by Gasteiger charge is 2.17. The van der Waals surface area contributed by atoms with E-state index in [1.807, 2.05) is 66.7 Å². The van der Waals surface area contributed by atoms with Crippen LogP contribution in [0.2, 0.25) is 0 Å². The minimum atomic E-state index is -0.163. The van der Waals surface area contributed by atoms with Crippen molar-refractivity contribution < 1.29 is 9.53 Å². The van der Waals surface area contributed by atoms with Crippen LogP contribution in [-0.2, 0) is 13.1 Å². The lowest BCUT2D eigenvalue weighted by Gasteiger charge is -2.08. The summed E-state index contributed by atoms with van der Waals surface area (Å²) in [6.07, 6.45) is 1.77. The molecule has 0 bridgehead atoms. The Hall–Kier alpha value is -3.64. The van der Waals surface area contributed by atoms with Gasteiger partial charge in [0.05, 0.1) is 13.7 Å². The molecular formula is C25H22N2O3S. The minimum absolute atomic E-state index is 0.0291. The van der Waals surface area contributed by atoms with Gasteiger partial charge in [-0.25, -0.2) is 0 Å². The fourth-order valence-corrected chi connectivity index (χ4v) is 4.29. The number of pyridine rings is 1. The molecule has 0 fully saturated rings. The van der Waals surface area contributed by atoms with Crippen LogP contribution in [0.4, 0.5) is 0 Å². The summed E-state index contributed by atoms with van der Waals surface area (Å²) in [4.78, 5) is 26.2. The van der Waals surface area contributed by atoms with Crippen LogP contribution in [0.1, 0.15) is 20.8 Å². The van der Waals surface area contributed by atoms with Crippen molar-refractivity contribution in [3.05, 3.63) is 111 Å². The van der Waals surface area contributed by atoms with Gasteiger partial charge in [-0.2, -0.15) is 0 Å². The summed E-state index contributed by atoms with van der Waals surface area (Å²) in [5.74, 6) is 0.411. The molecule has 0 aliphatic heterocycles. The quantitative estimate of drug-likeness (QED) is 0.467. The van der Waals surface area contributed by atoms with Gasteiger partial charge in [0.25, 0.3) is 11.5 Å². The van der Waals surface area contributed by atoms with E-state index in [-0.39, 0.29) is 11.5 Å². The van der Waals surface area contributed by atoms with Gasteiger partial charge in [0.2, 0.25) is 0 Å². The highest BCUT2D eigenvalue weighted by Crippen LogP contribution is 2.36. The first-order valence-corrected chi connectivity index (χ1v) is 10.7. The van der Waals surface area contributed by atoms with E-state index in [1.54, 1.807) is 30.0 Å². The van der Waals surface area contributed by atoms with Crippen molar-refractivity contribution in [2.24, 2.45) is 0 Å². The Bertz CT molecular complexity index is 1230. The van der Waals surface area contributed by atoms with Crippen molar-refractivity contribution in [3.8, 4) is 16.2 Å². The number of carbonyl (C=O) groups excluding carboxylic acids is 1. The van der Waals surface area contributed by atoms with E-state index in [9.17, 15) is 9.59 Å². The first-order valence-electron chi connectivity index (χ1n) is 9.89. The van der Waals surface area contributed by atoms with Gasteiger partial charge in [-0.15, -0.1) is 11.3 Å². The molecule has 0 radical (unpaired) electrons. The van der Waals surface area contributed by atoms with Crippen molar-refractivity contribution in [1.29, 1.82) is 0 Å². The number of methoxy groups -OCH3 is 1. The fraction of sp³-hybridized carbons (Fsp3) is 0.120. The van der Waals surface area contributed by atoms with E-state index in [0.717, 1.165) is 21.6 Å². The number of benzene rings is 2. The van der Waals surface area contributed by atoms with Crippen LogP contribution in [0.25, 0.3) is 10.4 Å². The highest BCUT2D eigenvalue weighted by atomic mass is 32.1. The third-order valence-corrected chi connectivity index (χ3v) is 6.07. The van der Waals surface area contributed by atoms with Crippen molar-refractivity contribution >= 4 is 17.2 Å². The van der Waals surface area contributed by atoms with Crippen LogP contribution in [0.15, 0.2) is 89.9 Å². The first kappa shape index (κ1) is 20.6. The number of hydrogen-bond donors (Lipinski definition) is 1. The maximum Gasteiger partial charge on any atom is 0.265 e. The predicted octanol–water partition coefficient (Wildman–Crippen LogP) is 4.56. The van der Waals surface area contributed by atoms with Crippen LogP contribution >= 0.6 is 11.3 Å². The van der Waals surface area contributed by atoms with E-state index in [2.05, 4.69) is 5.32 Å². The maximum atomic E-state index is 12.8. The highest BCUT2D eigenvalue weighted by molar-refractivity contribution is 7.17. The zero-order valence-electron chi connectivity index (χ0n) is 17.1. The van der Waals surface area contributed by atoms with Gasteiger partial charge in [-0.3, -0.25) is 9.59 Å². The Labute approximate surface area is 184 Å². The fourth-order valence-electron chi connectivity index (χ4n) is 3.24. The van der Waals surface area contributed by atoms with Crippen LogP contribution in [-0.4, -0.2) is 17.6 Å². The SMILES string of the molecule is COc1cc(-c2ccccc2)sc1C(=O)NCc1ccc(Cn2ccccc2=O)cc1. The van der Waals surface area contributed by atoms with E-state index in [4.69, 9.17) is 4.74 Å². The monoisotopic (exact) mass is 430 g/mol. The molecular weight excluding hydrogens is 408 g/mol. The number of nitrogens with zero attached hydrogens (tertiary/aromatic N) is 1. The summed E-state index contributed by atoms with van der Waals surface area (Å²) in [6, 6.07) is 24.8. The molecule has 1 amide bonds. The molecule has 0 unspecified atom stereocenters. The van der Waals surface area contributed by atoms with Gasteiger partial charge < -0.3 is 14.6 Å². The number of hydrogen-bond acceptors (Lipinski definition) is 4. The summed E-state index contributed by atoms with van der Waals surface area (Å²) in [6.45, 7) is 0.924. The van der Waals surface area contributed by atoms with Gasteiger partial charge in [0.15, 0.2) is 0 Å². The Morgan fingerprint density at radius 2 is 1.68 bits per heavy atom. The molecule has 31 heavy (non-hydrogen) atoms. The lowest BCUT2D eigenvalue weighted by Crippen LogP contribution is -2.22. The Kier molecular flexibility index (Phi) is 6.29. The molecule has 2 aromatic heterocycles. The molecule has 2 aromatic carbocycles. The van der Waals surface area contributed by atoms with Crippen LogP contribution in [0.3, 0.4) is 0 Å². The number of carbonyl (C=O) groups is 1. The molecule has 6 heteroatoms. The van der Waals surface area contributed by atoms with Gasteiger partial charge >= 0.3 is 0 Å². The Morgan fingerprint density at radius 1 is 0.968 bits per heavy atom. The molecule has 0 aliphatic carbocycles. The number of amides is 1. The smallest absolute Gasteiger partial charge is 0.265 e. The lowest BCUT2D eigenvalue weighted by atomic mass is 10.1. The average Bonchev–Trinajstić information content (AvgIpc) is 3.25. The summed E-state index contributed by atoms with van der Waals surface area (Å²) in [5, 5.41) is 2.97. The predicted molar refractivity (Wildman–Crippen MR) is 124 cm³/mol. The molecule has 0 saturated heterocycles. The van der Waals surface area contributed by atoms with Crippen LogP contribution in [0.5, 0.6) is 5.75 Å². The van der Waals surface area contributed by atoms with Gasteiger partial charge in [-0.05, 0) is 28.8 Å². The largest absolute Gasteiger partial charge is 0.495 e. The second kappa shape index (κ2) is 9.45. The number of nitrogens with one attached hydrogen (secondary N) is 1. The Morgan fingerprint density at radius 3 is 2.39 bits per heavy atom. The van der Waals surface area contributed by atoms with Gasteiger partial charge in [0.1, 0.15) is 10.6 Å². The molecule has 4 aromatic rings. The van der Waals surface area contributed by atoms with E-state index in [0.29, 0.717) is 23.7 Å². The topological polar surface area (TPSA) is 60.3 Å². The standard InChI is InChI=1S/C25H22N2O3S/c1-30-21-15-22(20-7-3-2-4-8-20)31-24(21)25(29)26-16-18-10-12-19(13-11-18)17-27-14-6-5-9-23(27)28/h2-15H,16-17H2,1H3,(H,26,29). The van der Waals surface area contributed by atoms with E-state index < -0.39 is 0 Å². The molecule has 1 N–H and O–H groups in total. The van der Waals surface area contributed by atoms with Crippen molar-refractivity contribution in [1.82, 2.24) is 9.88 Å². The minimum Gasteiger partial charge on any atom is -0.495 e. The Balaban J connectivity index is 1.41. The molecule has 0 saturated carbocycles. The molecule has 2 heterocycles. The lowest BCUT2D eigenvalue weighted by molar-refractivity contribution is 0.0952. The van der Waals surface area contributed by atoms with Crippen molar-refractivity contribution in [3.63, 3.8) is 0 Å². The molecule has 0 aliphatic rings. The second-order valence-electron chi connectivity index (χ2n) is 7.04.